The second kappa shape index (κ2) is 7.23. The number of fused-ring (bicyclic) bond motifs is 4. The monoisotopic (exact) mass is 423 g/mol. The molecule has 3 aromatic rings. The molecule has 0 saturated carbocycles. The Balaban J connectivity index is 1.68. The Labute approximate surface area is 177 Å². The van der Waals surface area contributed by atoms with Crippen molar-refractivity contribution in [2.75, 3.05) is 13.2 Å². The molecule has 1 atom stereocenters. The second-order valence-corrected chi connectivity index (χ2v) is 7.41. The highest BCUT2D eigenvalue weighted by atomic mass is 19.1. The lowest BCUT2D eigenvalue weighted by Gasteiger charge is -2.34. The molecule has 6 nitrogen and oxygen atoms in total. The van der Waals surface area contributed by atoms with E-state index in [1.807, 2.05) is 19.1 Å². The minimum Gasteiger partial charge on any atom is -0.491 e. The normalized spacial score (nSPS) is 18.6. The summed E-state index contributed by atoms with van der Waals surface area (Å²) in [4.78, 5) is 8.33. The quantitative estimate of drug-likeness (QED) is 0.625. The van der Waals surface area contributed by atoms with Gasteiger partial charge in [0.1, 0.15) is 18.1 Å². The summed E-state index contributed by atoms with van der Waals surface area (Å²) in [6.07, 6.45) is 2.19. The number of amidine groups is 1. The van der Waals surface area contributed by atoms with Gasteiger partial charge in [-0.15, -0.1) is 0 Å². The van der Waals surface area contributed by atoms with E-state index < -0.39 is 17.3 Å². The molecule has 1 spiro atoms. The van der Waals surface area contributed by atoms with Crippen LogP contribution in [0.15, 0.2) is 53.7 Å². The molecule has 0 fully saturated rings. The van der Waals surface area contributed by atoms with Crippen molar-refractivity contribution in [3.8, 4) is 28.4 Å². The number of halogens is 2. The lowest BCUT2D eigenvalue weighted by Crippen LogP contribution is -2.31. The first-order valence-corrected chi connectivity index (χ1v) is 9.89. The summed E-state index contributed by atoms with van der Waals surface area (Å²) in [5, 5.41) is 0. The maximum atomic E-state index is 14.6. The molecule has 0 amide bonds. The maximum Gasteiger partial charge on any atom is 0.283 e. The van der Waals surface area contributed by atoms with Gasteiger partial charge in [0.25, 0.3) is 6.02 Å². The summed E-state index contributed by atoms with van der Waals surface area (Å²) in [7, 11) is 0. The Hall–Kier alpha value is -3.68. The number of aliphatic imine (C=N–C) groups is 1. The molecule has 3 heterocycles. The van der Waals surface area contributed by atoms with E-state index in [1.54, 1.807) is 18.2 Å². The molecule has 0 bridgehead atoms. The molecule has 5 rings (SSSR count). The molecule has 8 heteroatoms. The van der Waals surface area contributed by atoms with Crippen LogP contribution in [0.3, 0.4) is 0 Å². The fourth-order valence-electron chi connectivity index (χ4n) is 3.90. The fourth-order valence-corrected chi connectivity index (χ4v) is 3.90. The van der Waals surface area contributed by atoms with Crippen molar-refractivity contribution in [2.24, 2.45) is 10.7 Å². The molecule has 0 radical (unpaired) electrons. The number of nitrogens with two attached hydrogens (primary N) is 1. The van der Waals surface area contributed by atoms with Crippen molar-refractivity contribution in [1.82, 2.24) is 4.98 Å². The van der Waals surface area contributed by atoms with Crippen LogP contribution in [0.1, 0.15) is 24.5 Å². The highest BCUT2D eigenvalue weighted by molar-refractivity contribution is 5.78. The Morgan fingerprint density at radius 1 is 1.06 bits per heavy atom. The summed E-state index contributed by atoms with van der Waals surface area (Å²) in [6.45, 7) is 2.45. The van der Waals surface area contributed by atoms with Gasteiger partial charge < -0.3 is 19.9 Å². The van der Waals surface area contributed by atoms with Crippen molar-refractivity contribution >= 4 is 6.02 Å². The molecule has 2 aliphatic heterocycles. The molecule has 0 unspecified atom stereocenters. The number of benzene rings is 2. The number of nitrogens with zero attached hydrogens (tertiary/aromatic N) is 2. The molecule has 158 valence electrons. The zero-order valence-electron chi connectivity index (χ0n) is 16.7. The van der Waals surface area contributed by atoms with E-state index in [9.17, 15) is 8.78 Å². The average Bonchev–Trinajstić information content (AvgIpc) is 3.15. The van der Waals surface area contributed by atoms with Crippen LogP contribution in [0.4, 0.5) is 8.78 Å². The molecule has 0 saturated heterocycles. The van der Waals surface area contributed by atoms with Crippen LogP contribution in [-0.2, 0) is 10.3 Å². The fraction of sp³-hybridized carbons (Fsp3) is 0.217. The van der Waals surface area contributed by atoms with Crippen molar-refractivity contribution in [3.63, 3.8) is 0 Å². The molecule has 2 N–H and O–H groups in total. The third-order valence-electron chi connectivity index (χ3n) is 5.38. The van der Waals surface area contributed by atoms with Gasteiger partial charge in [0, 0.05) is 29.0 Å². The average molecular weight is 423 g/mol. The van der Waals surface area contributed by atoms with Crippen molar-refractivity contribution in [2.45, 2.75) is 18.9 Å². The first-order valence-electron chi connectivity index (χ1n) is 9.89. The molecule has 1 aromatic heterocycles. The minimum atomic E-state index is -1.02. The van der Waals surface area contributed by atoms with Gasteiger partial charge in [-0.05, 0) is 42.3 Å². The molecule has 0 aliphatic carbocycles. The molecular formula is C23H19F2N3O3. The second-order valence-electron chi connectivity index (χ2n) is 7.41. The zero-order valence-corrected chi connectivity index (χ0v) is 16.7. The minimum absolute atomic E-state index is 0.0352. The van der Waals surface area contributed by atoms with E-state index >= 15 is 0 Å². The van der Waals surface area contributed by atoms with Crippen molar-refractivity contribution < 1.29 is 23.0 Å². The first kappa shape index (κ1) is 19.3. The summed E-state index contributed by atoms with van der Waals surface area (Å²) >= 11 is 0. The van der Waals surface area contributed by atoms with Gasteiger partial charge >= 0.3 is 0 Å². The van der Waals surface area contributed by atoms with Crippen molar-refractivity contribution in [1.29, 1.82) is 0 Å². The number of hydrogen-bond donors (Lipinski definition) is 1. The summed E-state index contributed by atoms with van der Waals surface area (Å²) in [6, 6.07) is 11.3. The van der Waals surface area contributed by atoms with Crippen LogP contribution >= 0.6 is 0 Å². The predicted molar refractivity (Wildman–Crippen MR) is 110 cm³/mol. The predicted octanol–water partition coefficient (Wildman–Crippen LogP) is 4.51. The van der Waals surface area contributed by atoms with Crippen LogP contribution in [-0.4, -0.2) is 24.2 Å². The molecule has 2 aliphatic rings. The topological polar surface area (TPSA) is 79.0 Å². The van der Waals surface area contributed by atoms with Crippen LogP contribution in [0, 0.1) is 11.8 Å². The standard InChI is InChI=1S/C23H19F2N3O3/c1-2-7-29-20-9-16-19(10-17(20)24)31-18-5-3-13(14-4-6-21(25)27-11-14)8-15(18)23(16)12-30-22(26)28-23/h3-6,8-11H,2,7,12H2,1H3,(H2,26,28)/t23-/m0/s1. The molecular weight excluding hydrogens is 404 g/mol. The number of ether oxygens (including phenoxy) is 3. The van der Waals surface area contributed by atoms with Crippen LogP contribution in [0.2, 0.25) is 0 Å². The van der Waals surface area contributed by atoms with E-state index in [1.165, 1.54) is 18.3 Å². The Kier molecular flexibility index (Phi) is 4.50. The number of rotatable bonds is 4. The van der Waals surface area contributed by atoms with E-state index in [2.05, 4.69) is 9.98 Å². The lowest BCUT2D eigenvalue weighted by molar-refractivity contribution is 0.261. The largest absolute Gasteiger partial charge is 0.491 e. The molecule has 31 heavy (non-hydrogen) atoms. The first-order chi connectivity index (χ1) is 15.0. The van der Waals surface area contributed by atoms with Crippen LogP contribution in [0.5, 0.6) is 17.2 Å². The summed E-state index contributed by atoms with van der Waals surface area (Å²) in [5.41, 5.74) is 7.71. The zero-order chi connectivity index (χ0) is 21.6. The van der Waals surface area contributed by atoms with Gasteiger partial charge in [-0.2, -0.15) is 4.39 Å². The third-order valence-corrected chi connectivity index (χ3v) is 5.38. The van der Waals surface area contributed by atoms with E-state index in [0.717, 1.165) is 17.5 Å². The van der Waals surface area contributed by atoms with Crippen molar-refractivity contribution in [3.05, 3.63) is 71.6 Å². The Bertz CT molecular complexity index is 1200. The highest BCUT2D eigenvalue weighted by Gasteiger charge is 2.47. The van der Waals surface area contributed by atoms with Crippen LogP contribution < -0.4 is 15.2 Å². The van der Waals surface area contributed by atoms with Crippen LogP contribution in [0.25, 0.3) is 11.1 Å². The van der Waals surface area contributed by atoms with Gasteiger partial charge in [0.05, 0.1) is 6.61 Å². The van der Waals surface area contributed by atoms with Gasteiger partial charge in [0.2, 0.25) is 5.95 Å². The van der Waals surface area contributed by atoms with E-state index in [-0.39, 0.29) is 18.4 Å². The van der Waals surface area contributed by atoms with E-state index in [4.69, 9.17) is 19.9 Å². The number of aromatic nitrogens is 1. The smallest absolute Gasteiger partial charge is 0.283 e. The number of pyridine rings is 1. The lowest BCUT2D eigenvalue weighted by atomic mass is 9.80. The highest BCUT2D eigenvalue weighted by Crippen LogP contribution is 2.52. The summed E-state index contributed by atoms with van der Waals surface area (Å²) < 4.78 is 45.0. The third kappa shape index (κ3) is 3.15. The Morgan fingerprint density at radius 2 is 1.87 bits per heavy atom. The SMILES string of the molecule is CCCOc1cc2c(cc1F)Oc1ccc(-c3ccc(F)nc3)cc1[C@@]21COC(N)=N1. The van der Waals surface area contributed by atoms with Gasteiger partial charge in [-0.3, -0.25) is 0 Å². The number of hydrogen-bond acceptors (Lipinski definition) is 6. The Morgan fingerprint density at radius 3 is 2.58 bits per heavy atom. The molecule has 2 aromatic carbocycles. The van der Waals surface area contributed by atoms with Gasteiger partial charge in [0.15, 0.2) is 17.1 Å². The van der Waals surface area contributed by atoms with Gasteiger partial charge in [-0.1, -0.05) is 13.0 Å². The van der Waals surface area contributed by atoms with Gasteiger partial charge in [-0.25, -0.2) is 14.4 Å². The maximum absolute atomic E-state index is 14.6. The van der Waals surface area contributed by atoms with E-state index in [0.29, 0.717) is 29.2 Å². The summed E-state index contributed by atoms with van der Waals surface area (Å²) in [5.74, 6) is -0.122.